The molecule has 0 spiro atoms. The van der Waals surface area contributed by atoms with E-state index in [9.17, 15) is 19.5 Å². The summed E-state index contributed by atoms with van der Waals surface area (Å²) in [6, 6.07) is 15.0. The van der Waals surface area contributed by atoms with Crippen LogP contribution in [0.5, 0.6) is 0 Å². The van der Waals surface area contributed by atoms with Crippen LogP contribution in [-0.2, 0) is 25.0 Å². The Labute approximate surface area is 220 Å². The first-order valence-electron chi connectivity index (χ1n) is 12.5. The van der Waals surface area contributed by atoms with Crippen LogP contribution < -0.4 is 11.3 Å². The smallest absolute Gasteiger partial charge is 0.265 e. The molecule has 4 aromatic rings. The number of carbonyl (C=O) groups excluding carboxylic acids is 2. The summed E-state index contributed by atoms with van der Waals surface area (Å²) < 4.78 is 3.20. The van der Waals surface area contributed by atoms with Crippen molar-refractivity contribution in [1.82, 2.24) is 14.0 Å². The molecule has 8 nitrogen and oxygen atoms in total. The van der Waals surface area contributed by atoms with Crippen LogP contribution in [0.4, 0.5) is 0 Å². The van der Waals surface area contributed by atoms with Gasteiger partial charge in [-0.05, 0) is 65.6 Å². The first kappa shape index (κ1) is 25.2. The Morgan fingerprint density at radius 1 is 1.18 bits per heavy atom. The highest BCUT2D eigenvalue weighted by molar-refractivity contribution is 5.93. The fourth-order valence-electron chi connectivity index (χ4n) is 5.10. The molecule has 38 heavy (non-hydrogen) atoms. The van der Waals surface area contributed by atoms with Crippen LogP contribution in [0.25, 0.3) is 27.6 Å². The largest absolute Gasteiger partial charge is 0.392 e. The summed E-state index contributed by atoms with van der Waals surface area (Å²) in [6.07, 6.45) is 5.30. The van der Waals surface area contributed by atoms with Gasteiger partial charge < -0.3 is 20.3 Å². The standard InChI is InChI=1S/C30H30N4O4/c1-4-28(36)33(3)16-22-13-20-12-19(18-8-9-18)10-11-24(20)30(38)34(22)26-7-5-6-23(25(26)17-35)21-14-27(29(31)37)32(2)15-21/h4-7,10-15,18,35H,1,8-9,16-17H2,2-3H3,(H2,31,37). The normalized spacial score (nSPS) is 13.0. The Bertz CT molecular complexity index is 1660. The Kier molecular flexibility index (Phi) is 6.50. The molecule has 0 atom stereocenters. The maximum atomic E-state index is 14.0. The molecule has 2 aromatic carbocycles. The number of carbonyl (C=O) groups is 2. The van der Waals surface area contributed by atoms with Gasteiger partial charge in [-0.15, -0.1) is 0 Å². The first-order valence-corrected chi connectivity index (χ1v) is 12.5. The molecular formula is C30H30N4O4. The van der Waals surface area contributed by atoms with Crippen molar-refractivity contribution in [1.29, 1.82) is 0 Å². The van der Waals surface area contributed by atoms with Gasteiger partial charge in [0.25, 0.3) is 11.5 Å². The van der Waals surface area contributed by atoms with Crippen molar-refractivity contribution in [3.05, 3.63) is 100 Å². The zero-order chi connectivity index (χ0) is 27.1. The lowest BCUT2D eigenvalue weighted by molar-refractivity contribution is -0.125. The lowest BCUT2D eigenvalue weighted by atomic mass is 9.99. The number of primary amides is 1. The Hall–Kier alpha value is -4.43. The minimum Gasteiger partial charge on any atom is -0.392 e. The summed E-state index contributed by atoms with van der Waals surface area (Å²) in [5, 5.41) is 11.9. The summed E-state index contributed by atoms with van der Waals surface area (Å²) >= 11 is 0. The van der Waals surface area contributed by atoms with Crippen molar-refractivity contribution < 1.29 is 14.7 Å². The second-order valence-corrected chi connectivity index (χ2v) is 9.85. The van der Waals surface area contributed by atoms with E-state index >= 15 is 0 Å². The van der Waals surface area contributed by atoms with Crippen molar-refractivity contribution in [2.75, 3.05) is 7.05 Å². The number of amides is 2. The monoisotopic (exact) mass is 510 g/mol. The van der Waals surface area contributed by atoms with Gasteiger partial charge in [-0.1, -0.05) is 30.8 Å². The molecule has 2 heterocycles. The van der Waals surface area contributed by atoms with E-state index < -0.39 is 5.91 Å². The number of aliphatic hydroxyl groups is 1. The molecule has 0 saturated heterocycles. The topological polar surface area (TPSA) is 111 Å². The van der Waals surface area contributed by atoms with Crippen LogP contribution in [0.2, 0.25) is 0 Å². The number of likely N-dealkylation sites (N-methyl/N-ethyl adjacent to an activating group) is 1. The predicted octanol–water partition coefficient (Wildman–Crippen LogP) is 3.61. The lowest BCUT2D eigenvalue weighted by Crippen LogP contribution is -2.30. The Morgan fingerprint density at radius 3 is 2.58 bits per heavy atom. The quantitative estimate of drug-likeness (QED) is 0.353. The predicted molar refractivity (Wildman–Crippen MR) is 147 cm³/mol. The Morgan fingerprint density at radius 2 is 1.95 bits per heavy atom. The second-order valence-electron chi connectivity index (χ2n) is 9.85. The molecular weight excluding hydrogens is 480 g/mol. The number of pyridine rings is 1. The van der Waals surface area contributed by atoms with E-state index in [4.69, 9.17) is 5.73 Å². The number of nitrogens with zero attached hydrogens (tertiary/aromatic N) is 3. The third-order valence-electron chi connectivity index (χ3n) is 7.24. The molecule has 2 amide bonds. The average molecular weight is 511 g/mol. The van der Waals surface area contributed by atoms with Crippen molar-refractivity contribution in [3.63, 3.8) is 0 Å². The minimum atomic E-state index is -0.561. The molecule has 0 aliphatic heterocycles. The highest BCUT2D eigenvalue weighted by atomic mass is 16.3. The average Bonchev–Trinajstić information content (AvgIpc) is 3.68. The minimum absolute atomic E-state index is 0.163. The van der Waals surface area contributed by atoms with Crippen molar-refractivity contribution >= 4 is 22.6 Å². The van der Waals surface area contributed by atoms with E-state index in [-0.39, 0.29) is 24.6 Å². The zero-order valence-corrected chi connectivity index (χ0v) is 21.5. The Balaban J connectivity index is 1.75. The van der Waals surface area contributed by atoms with Crippen molar-refractivity contribution in [3.8, 4) is 16.8 Å². The summed E-state index contributed by atoms with van der Waals surface area (Å²) in [6.45, 7) is 3.39. The zero-order valence-electron chi connectivity index (χ0n) is 21.5. The van der Waals surface area contributed by atoms with Gasteiger partial charge in [0.2, 0.25) is 5.91 Å². The number of rotatable bonds is 8. The molecule has 1 aliphatic rings. The van der Waals surface area contributed by atoms with Crippen LogP contribution in [-0.4, -0.2) is 38.0 Å². The summed E-state index contributed by atoms with van der Waals surface area (Å²) in [7, 11) is 3.38. The second kappa shape index (κ2) is 9.79. The molecule has 1 aliphatic carbocycles. The first-order chi connectivity index (χ1) is 18.2. The van der Waals surface area contributed by atoms with Crippen LogP contribution in [0.15, 0.2) is 72.2 Å². The van der Waals surface area contributed by atoms with E-state index in [1.807, 2.05) is 24.3 Å². The van der Waals surface area contributed by atoms with Gasteiger partial charge >= 0.3 is 0 Å². The number of benzene rings is 2. The molecule has 5 rings (SSSR count). The van der Waals surface area contributed by atoms with Crippen LogP contribution in [0, 0.1) is 0 Å². The summed E-state index contributed by atoms with van der Waals surface area (Å²) in [5.74, 6) is -0.298. The van der Waals surface area contributed by atoms with E-state index in [1.165, 1.54) is 16.5 Å². The van der Waals surface area contributed by atoms with Gasteiger partial charge in [0.15, 0.2) is 0 Å². The molecule has 3 N–H and O–H groups in total. The summed E-state index contributed by atoms with van der Waals surface area (Å²) in [4.78, 5) is 39.7. The molecule has 0 radical (unpaired) electrons. The number of hydrogen-bond acceptors (Lipinski definition) is 4. The maximum absolute atomic E-state index is 14.0. The van der Waals surface area contributed by atoms with Crippen molar-refractivity contribution in [2.45, 2.75) is 31.9 Å². The molecule has 0 unspecified atom stereocenters. The molecule has 2 aromatic heterocycles. The number of aliphatic hydroxyl groups excluding tert-OH is 1. The fraction of sp³-hybridized carbons (Fsp3) is 0.233. The van der Waals surface area contributed by atoms with E-state index in [0.29, 0.717) is 45.1 Å². The third-order valence-corrected chi connectivity index (χ3v) is 7.24. The van der Waals surface area contributed by atoms with Gasteiger partial charge in [-0.2, -0.15) is 0 Å². The molecule has 8 heteroatoms. The highest BCUT2D eigenvalue weighted by Gasteiger charge is 2.25. The van der Waals surface area contributed by atoms with Crippen LogP contribution >= 0.6 is 0 Å². The number of nitrogens with two attached hydrogens (primary N) is 1. The number of fused-ring (bicyclic) bond motifs is 1. The van der Waals surface area contributed by atoms with Gasteiger partial charge in [0.1, 0.15) is 5.69 Å². The van der Waals surface area contributed by atoms with Gasteiger partial charge in [-0.3, -0.25) is 19.0 Å². The number of aromatic nitrogens is 2. The van der Waals surface area contributed by atoms with Gasteiger partial charge in [0, 0.05) is 42.5 Å². The summed E-state index contributed by atoms with van der Waals surface area (Å²) in [5.41, 5.74) is 9.80. The van der Waals surface area contributed by atoms with E-state index in [2.05, 4.69) is 12.6 Å². The lowest BCUT2D eigenvalue weighted by Gasteiger charge is -2.22. The SMILES string of the molecule is C=CC(=O)N(C)Cc1cc2cc(C3CC3)ccc2c(=O)n1-c1cccc(-c2cc(C(N)=O)n(C)c2)c1CO. The number of hydrogen-bond donors (Lipinski definition) is 2. The van der Waals surface area contributed by atoms with Gasteiger partial charge in [-0.25, -0.2) is 0 Å². The molecule has 194 valence electrons. The number of aryl methyl sites for hydroxylation is 1. The van der Waals surface area contributed by atoms with Crippen molar-refractivity contribution in [2.24, 2.45) is 12.8 Å². The highest BCUT2D eigenvalue weighted by Crippen LogP contribution is 2.41. The van der Waals surface area contributed by atoms with Crippen LogP contribution in [0.1, 0.15) is 46.1 Å². The van der Waals surface area contributed by atoms with E-state index in [1.54, 1.807) is 47.6 Å². The maximum Gasteiger partial charge on any atom is 0.265 e. The molecule has 1 saturated carbocycles. The molecule has 0 bridgehead atoms. The third kappa shape index (κ3) is 4.43. The van der Waals surface area contributed by atoms with Crippen LogP contribution in [0.3, 0.4) is 0 Å². The van der Waals surface area contributed by atoms with E-state index in [0.717, 1.165) is 18.2 Å². The molecule has 1 fully saturated rings. The van der Waals surface area contributed by atoms with Gasteiger partial charge in [0.05, 0.1) is 18.8 Å². The fourth-order valence-corrected chi connectivity index (χ4v) is 5.10.